The van der Waals surface area contributed by atoms with Crippen molar-refractivity contribution in [1.29, 1.82) is 0 Å². The highest BCUT2D eigenvalue weighted by Crippen LogP contribution is 2.22. The zero-order valence-electron chi connectivity index (χ0n) is 12.1. The van der Waals surface area contributed by atoms with Gasteiger partial charge < -0.3 is 5.32 Å². The van der Waals surface area contributed by atoms with Crippen LogP contribution in [0.15, 0.2) is 47.4 Å². The summed E-state index contributed by atoms with van der Waals surface area (Å²) in [7, 11) is -3.79. The molecule has 0 aliphatic carbocycles. The highest BCUT2D eigenvalue weighted by molar-refractivity contribution is 7.89. The Balaban J connectivity index is 2.14. The van der Waals surface area contributed by atoms with Crippen LogP contribution in [0, 0.1) is 10.1 Å². The summed E-state index contributed by atoms with van der Waals surface area (Å²) in [5.74, 6) is -0.667. The maximum atomic E-state index is 12.1. The second-order valence-corrected chi connectivity index (χ2v) is 6.79. The molecule has 126 valence electrons. The molecule has 2 aromatic carbocycles. The number of hydrogen-bond donors (Lipinski definition) is 2. The van der Waals surface area contributed by atoms with Gasteiger partial charge in [0, 0.05) is 17.6 Å². The molecule has 0 atom stereocenters. The van der Waals surface area contributed by atoms with Crippen molar-refractivity contribution in [3.05, 3.63) is 68.7 Å². The number of benzene rings is 2. The van der Waals surface area contributed by atoms with E-state index < -0.39 is 20.9 Å². The first-order valence-corrected chi connectivity index (χ1v) is 8.45. The lowest BCUT2D eigenvalue weighted by atomic mass is 10.1. The van der Waals surface area contributed by atoms with Gasteiger partial charge in [-0.2, -0.15) is 0 Å². The summed E-state index contributed by atoms with van der Waals surface area (Å²) in [6, 6.07) is 9.25. The SMILES string of the molecule is NS(=O)(=O)c1ccc(CNC(=O)c2cc(Cl)ccc2[N+](=O)[O-])cc1. The van der Waals surface area contributed by atoms with Crippen molar-refractivity contribution in [2.45, 2.75) is 11.4 Å². The predicted octanol–water partition coefficient (Wildman–Crippen LogP) is 1.83. The monoisotopic (exact) mass is 369 g/mol. The van der Waals surface area contributed by atoms with Crippen molar-refractivity contribution in [1.82, 2.24) is 5.32 Å². The van der Waals surface area contributed by atoms with E-state index in [0.29, 0.717) is 5.56 Å². The fourth-order valence-electron chi connectivity index (χ4n) is 1.92. The molecule has 0 saturated carbocycles. The standard InChI is InChI=1S/C14H12ClN3O5S/c15-10-3-6-13(18(20)21)12(7-10)14(19)17-8-9-1-4-11(5-2-9)24(16,22)23/h1-7H,8H2,(H,17,19)(H2,16,22,23). The Bertz CT molecular complexity index is 897. The number of hydrogen-bond acceptors (Lipinski definition) is 5. The number of sulfonamides is 1. The van der Waals surface area contributed by atoms with Crippen LogP contribution in [-0.4, -0.2) is 19.2 Å². The molecule has 10 heteroatoms. The highest BCUT2D eigenvalue weighted by Gasteiger charge is 2.20. The molecule has 0 radical (unpaired) electrons. The van der Waals surface area contributed by atoms with E-state index >= 15 is 0 Å². The zero-order valence-corrected chi connectivity index (χ0v) is 13.7. The molecule has 0 saturated heterocycles. The molecule has 8 nitrogen and oxygen atoms in total. The molecule has 0 unspecified atom stereocenters. The molecule has 0 aliphatic rings. The Morgan fingerprint density at radius 3 is 2.38 bits per heavy atom. The number of rotatable bonds is 5. The van der Waals surface area contributed by atoms with Gasteiger partial charge in [0.15, 0.2) is 0 Å². The molecule has 2 rings (SSSR count). The van der Waals surface area contributed by atoms with Crippen LogP contribution in [0.1, 0.15) is 15.9 Å². The maximum Gasteiger partial charge on any atom is 0.282 e. The first-order chi connectivity index (χ1) is 11.2. The smallest absolute Gasteiger partial charge is 0.282 e. The lowest BCUT2D eigenvalue weighted by Gasteiger charge is -2.07. The summed E-state index contributed by atoms with van der Waals surface area (Å²) in [6.45, 7) is 0.0490. The summed E-state index contributed by atoms with van der Waals surface area (Å²) < 4.78 is 22.3. The number of amides is 1. The van der Waals surface area contributed by atoms with Crippen LogP contribution in [0.2, 0.25) is 5.02 Å². The molecule has 2 aromatic rings. The zero-order chi connectivity index (χ0) is 17.9. The van der Waals surface area contributed by atoms with Crippen LogP contribution in [0.4, 0.5) is 5.69 Å². The molecule has 0 heterocycles. The maximum absolute atomic E-state index is 12.1. The molecular weight excluding hydrogens is 358 g/mol. The molecule has 0 spiro atoms. The Kier molecular flexibility index (Phi) is 5.17. The minimum atomic E-state index is -3.79. The average Bonchev–Trinajstić information content (AvgIpc) is 2.51. The summed E-state index contributed by atoms with van der Waals surface area (Å²) in [5.41, 5.74) is 0.0792. The van der Waals surface area contributed by atoms with E-state index in [-0.39, 0.29) is 27.7 Å². The number of nitro benzene ring substituents is 1. The van der Waals surface area contributed by atoms with E-state index in [0.717, 1.165) is 6.07 Å². The van der Waals surface area contributed by atoms with Gasteiger partial charge in [-0.05, 0) is 29.8 Å². The van der Waals surface area contributed by atoms with E-state index in [1.807, 2.05) is 0 Å². The van der Waals surface area contributed by atoms with Crippen LogP contribution in [0.25, 0.3) is 0 Å². The van der Waals surface area contributed by atoms with Crippen molar-refractivity contribution < 1.29 is 18.1 Å². The van der Waals surface area contributed by atoms with E-state index in [1.54, 1.807) is 0 Å². The topological polar surface area (TPSA) is 132 Å². The summed E-state index contributed by atoms with van der Waals surface area (Å²) >= 11 is 5.77. The van der Waals surface area contributed by atoms with Gasteiger partial charge in [0.05, 0.1) is 9.82 Å². The first kappa shape index (κ1) is 17.9. The van der Waals surface area contributed by atoms with Crippen molar-refractivity contribution in [2.24, 2.45) is 5.14 Å². The third-order valence-corrected chi connectivity index (χ3v) is 4.27. The molecule has 0 aromatic heterocycles. The number of nitrogens with two attached hydrogens (primary N) is 1. The van der Waals surface area contributed by atoms with Gasteiger partial charge in [0.1, 0.15) is 5.56 Å². The predicted molar refractivity (Wildman–Crippen MR) is 87.1 cm³/mol. The van der Waals surface area contributed by atoms with Crippen molar-refractivity contribution in [3.63, 3.8) is 0 Å². The Morgan fingerprint density at radius 2 is 1.83 bits per heavy atom. The number of primary sulfonamides is 1. The van der Waals surface area contributed by atoms with Gasteiger partial charge in [-0.25, -0.2) is 13.6 Å². The van der Waals surface area contributed by atoms with Crippen molar-refractivity contribution in [2.75, 3.05) is 0 Å². The van der Waals surface area contributed by atoms with Crippen molar-refractivity contribution in [3.8, 4) is 0 Å². The molecule has 0 fully saturated rings. The third-order valence-electron chi connectivity index (χ3n) is 3.10. The third kappa shape index (κ3) is 4.28. The average molecular weight is 370 g/mol. The first-order valence-electron chi connectivity index (χ1n) is 6.52. The quantitative estimate of drug-likeness (QED) is 0.612. The fraction of sp³-hybridized carbons (Fsp3) is 0.0714. The molecule has 1 amide bonds. The Labute approximate surface area is 142 Å². The lowest BCUT2D eigenvalue weighted by Crippen LogP contribution is -2.23. The molecule has 24 heavy (non-hydrogen) atoms. The number of carbonyl (C=O) groups excluding carboxylic acids is 1. The summed E-state index contributed by atoms with van der Waals surface area (Å²) in [4.78, 5) is 22.4. The van der Waals surface area contributed by atoms with Gasteiger partial charge >= 0.3 is 0 Å². The van der Waals surface area contributed by atoms with E-state index in [2.05, 4.69) is 5.32 Å². The number of halogens is 1. The van der Waals surface area contributed by atoms with Gasteiger partial charge in [-0.3, -0.25) is 14.9 Å². The molecule has 0 aliphatic heterocycles. The number of carbonyl (C=O) groups is 1. The second-order valence-electron chi connectivity index (χ2n) is 4.79. The van der Waals surface area contributed by atoms with E-state index in [1.165, 1.54) is 36.4 Å². The van der Waals surface area contributed by atoms with Crippen molar-refractivity contribution >= 4 is 33.2 Å². The molecule has 0 bridgehead atoms. The van der Waals surface area contributed by atoms with E-state index in [9.17, 15) is 23.3 Å². The van der Waals surface area contributed by atoms with E-state index in [4.69, 9.17) is 16.7 Å². The minimum Gasteiger partial charge on any atom is -0.348 e. The Hall–Kier alpha value is -2.49. The molecule has 3 N–H and O–H groups in total. The molecular formula is C14H12ClN3O5S. The number of nitro groups is 1. The van der Waals surface area contributed by atoms with Crippen LogP contribution in [0.5, 0.6) is 0 Å². The summed E-state index contributed by atoms with van der Waals surface area (Å²) in [5, 5.41) is 18.7. The van der Waals surface area contributed by atoms with Gasteiger partial charge in [0.2, 0.25) is 10.0 Å². The van der Waals surface area contributed by atoms with Crippen LogP contribution < -0.4 is 10.5 Å². The minimum absolute atomic E-state index is 0.0490. The largest absolute Gasteiger partial charge is 0.348 e. The van der Waals surface area contributed by atoms with Crippen LogP contribution in [-0.2, 0) is 16.6 Å². The van der Waals surface area contributed by atoms with Crippen LogP contribution >= 0.6 is 11.6 Å². The second kappa shape index (κ2) is 6.95. The number of nitrogens with one attached hydrogen (secondary N) is 1. The van der Waals surface area contributed by atoms with Gasteiger partial charge in [0.25, 0.3) is 11.6 Å². The lowest BCUT2D eigenvalue weighted by molar-refractivity contribution is -0.385. The fourth-order valence-corrected chi connectivity index (χ4v) is 2.61. The highest BCUT2D eigenvalue weighted by atomic mass is 35.5. The van der Waals surface area contributed by atoms with Crippen LogP contribution in [0.3, 0.4) is 0 Å². The Morgan fingerprint density at radius 1 is 1.21 bits per heavy atom. The van der Waals surface area contributed by atoms with Gasteiger partial charge in [-0.15, -0.1) is 0 Å². The van der Waals surface area contributed by atoms with Gasteiger partial charge in [-0.1, -0.05) is 23.7 Å². The summed E-state index contributed by atoms with van der Waals surface area (Å²) in [6.07, 6.45) is 0. The normalized spacial score (nSPS) is 11.1. The number of nitrogens with zero attached hydrogens (tertiary/aromatic N) is 1.